The van der Waals surface area contributed by atoms with Crippen LogP contribution in [0.3, 0.4) is 0 Å². The van der Waals surface area contributed by atoms with Crippen molar-refractivity contribution in [2.75, 3.05) is 31.6 Å². The number of aromatic nitrogens is 3. The van der Waals surface area contributed by atoms with Crippen molar-refractivity contribution in [3.8, 4) is 0 Å². The van der Waals surface area contributed by atoms with E-state index in [2.05, 4.69) is 30.6 Å². The summed E-state index contributed by atoms with van der Waals surface area (Å²) in [7, 11) is 3.72. The molecule has 0 spiro atoms. The quantitative estimate of drug-likeness (QED) is 0.382. The maximum absolute atomic E-state index is 6.25. The zero-order valence-corrected chi connectivity index (χ0v) is 18.1. The third-order valence-electron chi connectivity index (χ3n) is 4.26. The lowest BCUT2D eigenvalue weighted by Gasteiger charge is -2.20. The van der Waals surface area contributed by atoms with Gasteiger partial charge in [-0.3, -0.25) is 9.67 Å². The van der Waals surface area contributed by atoms with E-state index in [-0.39, 0.29) is 24.0 Å². The molecule has 1 aliphatic heterocycles. The molecule has 0 radical (unpaired) electrons. The third kappa shape index (κ3) is 5.47. The Bertz CT molecular complexity index is 733. The van der Waals surface area contributed by atoms with Crippen LogP contribution in [0.2, 0.25) is 5.02 Å². The molecule has 2 aromatic rings. The molecular weight excluding hydrogens is 465 g/mol. The van der Waals surface area contributed by atoms with Crippen molar-refractivity contribution in [1.82, 2.24) is 25.4 Å². The molecule has 1 fully saturated rings. The summed E-state index contributed by atoms with van der Waals surface area (Å²) < 4.78 is 1.82. The number of nitrogens with one attached hydrogen (secondary N) is 2. The molecule has 1 atom stereocenters. The van der Waals surface area contributed by atoms with Crippen LogP contribution in [0.25, 0.3) is 0 Å². The van der Waals surface area contributed by atoms with Gasteiger partial charge in [0.1, 0.15) is 5.82 Å². The van der Waals surface area contributed by atoms with Gasteiger partial charge in [-0.2, -0.15) is 5.10 Å². The lowest BCUT2D eigenvalue weighted by molar-refractivity contribution is 0.648. The third-order valence-corrected chi connectivity index (χ3v) is 4.55. The standard InChI is InChI=1S/C17H24ClN7.HI/c1-19-17(21-8-5-13-10-22-24(2)11-13)23-14-6-9-25(12-14)16-15(18)4-3-7-20-16;/h3-4,7,10-11,14H,5-6,8-9,12H2,1-2H3,(H2,19,21,23);1H. The SMILES string of the molecule is CN=C(NCCc1cnn(C)c1)NC1CCN(c2ncccc2Cl)C1.I. The van der Waals surface area contributed by atoms with Gasteiger partial charge in [0.2, 0.25) is 0 Å². The Morgan fingerprint density at radius 2 is 2.31 bits per heavy atom. The molecule has 0 bridgehead atoms. The summed E-state index contributed by atoms with van der Waals surface area (Å²) in [6.45, 7) is 2.61. The molecule has 0 saturated carbocycles. The number of anilines is 1. The molecule has 1 unspecified atom stereocenters. The van der Waals surface area contributed by atoms with Crippen LogP contribution in [0.4, 0.5) is 5.82 Å². The molecule has 26 heavy (non-hydrogen) atoms. The number of aryl methyl sites for hydroxylation is 1. The first-order valence-corrected chi connectivity index (χ1v) is 8.83. The fraction of sp³-hybridized carbons (Fsp3) is 0.471. The first kappa shape index (κ1) is 20.8. The molecular formula is C17H25ClIN7. The topological polar surface area (TPSA) is 70.4 Å². The van der Waals surface area contributed by atoms with Gasteiger partial charge in [-0.05, 0) is 30.5 Å². The second kappa shape index (κ2) is 9.96. The second-order valence-corrected chi connectivity index (χ2v) is 6.56. The Kier molecular flexibility index (Phi) is 7.95. The fourth-order valence-electron chi connectivity index (χ4n) is 2.99. The zero-order chi connectivity index (χ0) is 17.6. The van der Waals surface area contributed by atoms with Gasteiger partial charge in [-0.25, -0.2) is 4.98 Å². The van der Waals surface area contributed by atoms with Crippen LogP contribution in [0.5, 0.6) is 0 Å². The second-order valence-electron chi connectivity index (χ2n) is 6.16. The lowest BCUT2D eigenvalue weighted by Crippen LogP contribution is -2.45. The predicted molar refractivity (Wildman–Crippen MR) is 117 cm³/mol. The Labute approximate surface area is 176 Å². The summed E-state index contributed by atoms with van der Waals surface area (Å²) in [6, 6.07) is 4.05. The highest BCUT2D eigenvalue weighted by molar-refractivity contribution is 14.0. The smallest absolute Gasteiger partial charge is 0.191 e. The molecule has 3 heterocycles. The summed E-state index contributed by atoms with van der Waals surface area (Å²) in [5, 5.41) is 11.7. The van der Waals surface area contributed by atoms with Gasteiger partial charge in [-0.15, -0.1) is 24.0 Å². The summed E-state index contributed by atoms with van der Waals surface area (Å²) in [5.41, 5.74) is 1.21. The van der Waals surface area contributed by atoms with E-state index in [0.717, 1.165) is 44.3 Å². The zero-order valence-electron chi connectivity index (χ0n) is 15.0. The predicted octanol–water partition coefficient (Wildman–Crippen LogP) is 2.07. The highest BCUT2D eigenvalue weighted by Gasteiger charge is 2.25. The van der Waals surface area contributed by atoms with Crippen molar-refractivity contribution in [3.05, 3.63) is 41.3 Å². The van der Waals surface area contributed by atoms with E-state index in [1.165, 1.54) is 5.56 Å². The summed E-state index contributed by atoms with van der Waals surface area (Å²) >= 11 is 6.25. The Morgan fingerprint density at radius 1 is 1.46 bits per heavy atom. The van der Waals surface area contributed by atoms with E-state index in [1.54, 1.807) is 13.2 Å². The highest BCUT2D eigenvalue weighted by Crippen LogP contribution is 2.25. The van der Waals surface area contributed by atoms with Crippen molar-refractivity contribution in [2.24, 2.45) is 12.0 Å². The summed E-state index contributed by atoms with van der Waals surface area (Å²) in [6.07, 6.45) is 7.64. The number of hydrogen-bond acceptors (Lipinski definition) is 4. The number of aliphatic imine (C=N–C) groups is 1. The van der Waals surface area contributed by atoms with Crippen molar-refractivity contribution in [3.63, 3.8) is 0 Å². The number of hydrogen-bond donors (Lipinski definition) is 2. The van der Waals surface area contributed by atoms with Crippen LogP contribution in [0, 0.1) is 0 Å². The molecule has 2 N–H and O–H groups in total. The largest absolute Gasteiger partial charge is 0.356 e. The minimum Gasteiger partial charge on any atom is -0.356 e. The summed E-state index contributed by atoms with van der Waals surface area (Å²) in [5.74, 6) is 1.68. The molecule has 7 nitrogen and oxygen atoms in total. The van der Waals surface area contributed by atoms with E-state index >= 15 is 0 Å². The Balaban J connectivity index is 0.00000243. The molecule has 0 aromatic carbocycles. The number of nitrogens with zero attached hydrogens (tertiary/aromatic N) is 5. The Morgan fingerprint density at radius 3 is 3.00 bits per heavy atom. The van der Waals surface area contributed by atoms with E-state index in [0.29, 0.717) is 11.1 Å². The van der Waals surface area contributed by atoms with Crippen LogP contribution >= 0.6 is 35.6 Å². The lowest BCUT2D eigenvalue weighted by atomic mass is 10.2. The molecule has 3 rings (SSSR count). The maximum atomic E-state index is 6.25. The van der Waals surface area contributed by atoms with Crippen LogP contribution in [-0.4, -0.2) is 53.4 Å². The number of rotatable bonds is 5. The normalized spacial score (nSPS) is 17.1. The van der Waals surface area contributed by atoms with Crippen LogP contribution in [0.15, 0.2) is 35.7 Å². The molecule has 1 aliphatic rings. The van der Waals surface area contributed by atoms with Crippen LogP contribution in [0.1, 0.15) is 12.0 Å². The van der Waals surface area contributed by atoms with Gasteiger partial charge >= 0.3 is 0 Å². The molecule has 0 amide bonds. The van der Waals surface area contributed by atoms with Crippen LogP contribution in [-0.2, 0) is 13.5 Å². The van der Waals surface area contributed by atoms with E-state index in [9.17, 15) is 0 Å². The molecule has 9 heteroatoms. The Hall–Kier alpha value is -1.55. The minimum atomic E-state index is 0. The van der Waals surface area contributed by atoms with Crippen LogP contribution < -0.4 is 15.5 Å². The molecule has 142 valence electrons. The maximum Gasteiger partial charge on any atom is 0.191 e. The first-order valence-electron chi connectivity index (χ1n) is 8.46. The van der Waals surface area contributed by atoms with Crippen molar-refractivity contribution < 1.29 is 0 Å². The van der Waals surface area contributed by atoms with Crippen molar-refractivity contribution in [2.45, 2.75) is 18.9 Å². The average Bonchev–Trinajstić information content (AvgIpc) is 3.23. The number of halogens is 2. The average molecular weight is 490 g/mol. The van der Waals surface area contributed by atoms with E-state index < -0.39 is 0 Å². The fourth-order valence-corrected chi connectivity index (χ4v) is 3.24. The molecule has 0 aliphatic carbocycles. The van der Waals surface area contributed by atoms with E-state index in [1.807, 2.05) is 36.3 Å². The molecule has 1 saturated heterocycles. The van der Waals surface area contributed by atoms with Gasteiger partial charge in [0, 0.05) is 52.2 Å². The highest BCUT2D eigenvalue weighted by atomic mass is 127. The van der Waals surface area contributed by atoms with Gasteiger partial charge in [0.05, 0.1) is 11.2 Å². The number of guanidine groups is 1. The minimum absolute atomic E-state index is 0. The number of pyridine rings is 1. The van der Waals surface area contributed by atoms with Gasteiger partial charge in [0.15, 0.2) is 5.96 Å². The first-order chi connectivity index (χ1) is 12.2. The van der Waals surface area contributed by atoms with Crippen molar-refractivity contribution >= 4 is 47.4 Å². The van der Waals surface area contributed by atoms with Crippen molar-refractivity contribution in [1.29, 1.82) is 0 Å². The monoisotopic (exact) mass is 489 g/mol. The van der Waals surface area contributed by atoms with E-state index in [4.69, 9.17) is 11.6 Å². The summed E-state index contributed by atoms with van der Waals surface area (Å²) in [4.78, 5) is 10.9. The van der Waals surface area contributed by atoms with Gasteiger partial charge < -0.3 is 15.5 Å². The van der Waals surface area contributed by atoms with Gasteiger partial charge in [-0.1, -0.05) is 11.6 Å². The van der Waals surface area contributed by atoms with Gasteiger partial charge in [0.25, 0.3) is 0 Å². The molecule has 2 aromatic heterocycles.